The van der Waals surface area contributed by atoms with Crippen molar-refractivity contribution in [1.82, 2.24) is 4.90 Å². The van der Waals surface area contributed by atoms with E-state index in [1.165, 1.54) is 16.2 Å². The number of hydrogen-bond acceptors (Lipinski definition) is 5. The number of hydrogen-bond donors (Lipinski definition) is 2. The van der Waals surface area contributed by atoms with E-state index in [9.17, 15) is 19.5 Å². The number of fused-ring (bicyclic) bond motifs is 1. The van der Waals surface area contributed by atoms with Gasteiger partial charge in [-0.25, -0.2) is 0 Å². The van der Waals surface area contributed by atoms with Gasteiger partial charge in [-0.3, -0.25) is 14.4 Å². The highest BCUT2D eigenvalue weighted by atomic mass is 32.1. The molecule has 1 aromatic heterocycles. The van der Waals surface area contributed by atoms with Crippen molar-refractivity contribution in [1.29, 1.82) is 0 Å². The van der Waals surface area contributed by atoms with Gasteiger partial charge in [-0.05, 0) is 44.1 Å². The number of ether oxygens (including phenoxy) is 1. The first kappa shape index (κ1) is 20.3. The van der Waals surface area contributed by atoms with Crippen molar-refractivity contribution in [3.05, 3.63) is 16.0 Å². The van der Waals surface area contributed by atoms with Crippen LogP contribution in [0, 0.1) is 11.8 Å². The van der Waals surface area contributed by atoms with Crippen molar-refractivity contribution in [3.8, 4) is 0 Å². The minimum absolute atomic E-state index is 0.0403. The van der Waals surface area contributed by atoms with E-state index < -0.39 is 17.8 Å². The fourth-order valence-electron chi connectivity index (χ4n) is 4.75. The van der Waals surface area contributed by atoms with E-state index in [2.05, 4.69) is 5.32 Å². The maximum Gasteiger partial charge on any atom is 0.307 e. The second-order valence-corrected chi connectivity index (χ2v) is 9.25. The normalized spacial score (nSPS) is 24.6. The monoisotopic (exact) mass is 420 g/mol. The number of amides is 2. The Morgan fingerprint density at radius 3 is 2.41 bits per heavy atom. The van der Waals surface area contributed by atoms with Crippen molar-refractivity contribution >= 4 is 34.1 Å². The van der Waals surface area contributed by atoms with E-state index in [0.29, 0.717) is 49.7 Å². The predicted molar refractivity (Wildman–Crippen MR) is 109 cm³/mol. The van der Waals surface area contributed by atoms with Crippen LogP contribution in [0.5, 0.6) is 0 Å². The van der Waals surface area contributed by atoms with Crippen molar-refractivity contribution in [2.24, 2.45) is 11.8 Å². The Hall–Kier alpha value is -1.93. The lowest BCUT2D eigenvalue weighted by molar-refractivity contribution is -0.147. The zero-order valence-corrected chi connectivity index (χ0v) is 17.4. The van der Waals surface area contributed by atoms with Gasteiger partial charge in [0.15, 0.2) is 0 Å². The molecule has 29 heavy (non-hydrogen) atoms. The number of carbonyl (C=O) groups excluding carboxylic acids is 2. The largest absolute Gasteiger partial charge is 0.481 e. The number of aliphatic carboxylic acids is 1. The first-order valence-electron chi connectivity index (χ1n) is 10.6. The second kappa shape index (κ2) is 8.83. The molecule has 2 heterocycles. The van der Waals surface area contributed by atoms with Gasteiger partial charge in [0.05, 0.1) is 30.6 Å². The highest BCUT2D eigenvalue weighted by molar-refractivity contribution is 7.17. The molecule has 2 aliphatic carbocycles. The third-order valence-electron chi connectivity index (χ3n) is 6.34. The molecule has 7 nitrogen and oxygen atoms in total. The zero-order chi connectivity index (χ0) is 20.4. The maximum absolute atomic E-state index is 13.3. The van der Waals surface area contributed by atoms with Crippen LogP contribution in [0.4, 0.5) is 5.00 Å². The minimum Gasteiger partial charge on any atom is -0.481 e. The summed E-state index contributed by atoms with van der Waals surface area (Å²) in [5, 5.41) is 13.1. The number of anilines is 1. The quantitative estimate of drug-likeness (QED) is 0.781. The van der Waals surface area contributed by atoms with E-state index in [-0.39, 0.29) is 11.8 Å². The summed E-state index contributed by atoms with van der Waals surface area (Å²) in [5.41, 5.74) is 1.70. The van der Waals surface area contributed by atoms with E-state index in [1.807, 2.05) is 0 Å². The molecule has 2 amide bonds. The van der Waals surface area contributed by atoms with Crippen molar-refractivity contribution in [2.75, 3.05) is 31.6 Å². The first-order chi connectivity index (χ1) is 14.1. The van der Waals surface area contributed by atoms with E-state index in [1.54, 1.807) is 4.90 Å². The van der Waals surface area contributed by atoms with Gasteiger partial charge < -0.3 is 20.1 Å². The van der Waals surface area contributed by atoms with Crippen LogP contribution in [0.1, 0.15) is 59.3 Å². The standard InChI is InChI=1S/C21H28N2O5S/c24-18(13-5-1-2-6-14(13)21(26)27)22-19-17(15-7-3-4-8-16(15)29-19)20(25)23-9-11-28-12-10-23/h13-14H,1-12H2,(H,22,24)(H,26,27)/t13-,14-/m1/s1. The molecule has 2 fully saturated rings. The molecule has 0 unspecified atom stereocenters. The summed E-state index contributed by atoms with van der Waals surface area (Å²) in [6.07, 6.45) is 6.75. The molecule has 0 aromatic carbocycles. The molecule has 8 heteroatoms. The summed E-state index contributed by atoms with van der Waals surface area (Å²) < 4.78 is 5.37. The molecule has 158 valence electrons. The number of morpholine rings is 1. The molecular formula is C21H28N2O5S. The number of carboxylic acid groups (broad SMARTS) is 1. The minimum atomic E-state index is -0.903. The Bertz CT molecular complexity index is 799. The van der Waals surface area contributed by atoms with Gasteiger partial charge in [0, 0.05) is 18.0 Å². The number of nitrogens with zero attached hydrogens (tertiary/aromatic N) is 1. The Labute approximate surface area is 174 Å². The zero-order valence-electron chi connectivity index (χ0n) is 16.6. The highest BCUT2D eigenvalue weighted by Gasteiger charge is 2.37. The molecule has 1 aromatic rings. The third-order valence-corrected chi connectivity index (χ3v) is 7.55. The fraction of sp³-hybridized carbons (Fsp3) is 0.667. The lowest BCUT2D eigenvalue weighted by atomic mass is 9.78. The van der Waals surface area contributed by atoms with Crippen LogP contribution in [-0.4, -0.2) is 54.1 Å². The number of thiophene rings is 1. The van der Waals surface area contributed by atoms with Crippen molar-refractivity contribution in [2.45, 2.75) is 51.4 Å². The lowest BCUT2D eigenvalue weighted by Crippen LogP contribution is -2.41. The Balaban J connectivity index is 1.61. The Morgan fingerprint density at radius 1 is 1.00 bits per heavy atom. The molecular weight excluding hydrogens is 392 g/mol. The summed E-state index contributed by atoms with van der Waals surface area (Å²) in [4.78, 5) is 40.9. The Morgan fingerprint density at radius 2 is 1.69 bits per heavy atom. The van der Waals surface area contributed by atoms with Crippen LogP contribution in [0.15, 0.2) is 0 Å². The van der Waals surface area contributed by atoms with Gasteiger partial charge in [0.1, 0.15) is 5.00 Å². The van der Waals surface area contributed by atoms with Gasteiger partial charge >= 0.3 is 5.97 Å². The molecule has 1 aliphatic heterocycles. The molecule has 0 bridgehead atoms. The average molecular weight is 421 g/mol. The molecule has 4 rings (SSSR count). The molecule has 2 N–H and O–H groups in total. The summed E-state index contributed by atoms with van der Waals surface area (Å²) in [6, 6.07) is 0. The summed E-state index contributed by atoms with van der Waals surface area (Å²) >= 11 is 1.50. The van der Waals surface area contributed by atoms with Crippen molar-refractivity contribution in [3.63, 3.8) is 0 Å². The molecule has 0 spiro atoms. The van der Waals surface area contributed by atoms with Crippen LogP contribution in [0.25, 0.3) is 0 Å². The number of nitrogens with one attached hydrogen (secondary N) is 1. The van der Waals surface area contributed by atoms with Gasteiger partial charge in [0.2, 0.25) is 5.91 Å². The van der Waals surface area contributed by atoms with Gasteiger partial charge in [0.25, 0.3) is 5.91 Å². The number of aryl methyl sites for hydroxylation is 1. The van der Waals surface area contributed by atoms with Crippen LogP contribution >= 0.6 is 11.3 Å². The van der Waals surface area contributed by atoms with Crippen LogP contribution in [0.3, 0.4) is 0 Å². The van der Waals surface area contributed by atoms with Gasteiger partial charge in [-0.1, -0.05) is 12.8 Å². The Kier molecular flexibility index (Phi) is 6.20. The topological polar surface area (TPSA) is 95.9 Å². The fourth-order valence-corrected chi connectivity index (χ4v) is 6.03. The van der Waals surface area contributed by atoms with Crippen LogP contribution in [-0.2, 0) is 27.2 Å². The van der Waals surface area contributed by atoms with E-state index >= 15 is 0 Å². The van der Waals surface area contributed by atoms with Crippen LogP contribution < -0.4 is 5.32 Å². The third kappa shape index (κ3) is 4.19. The molecule has 1 saturated carbocycles. The van der Waals surface area contributed by atoms with Crippen molar-refractivity contribution < 1.29 is 24.2 Å². The first-order valence-corrected chi connectivity index (χ1v) is 11.4. The molecule has 2 atom stereocenters. The van der Waals surface area contributed by atoms with Gasteiger partial charge in [-0.2, -0.15) is 0 Å². The van der Waals surface area contributed by atoms with Crippen LogP contribution in [0.2, 0.25) is 0 Å². The second-order valence-electron chi connectivity index (χ2n) is 8.14. The van der Waals surface area contributed by atoms with E-state index in [4.69, 9.17) is 4.74 Å². The average Bonchev–Trinajstić information content (AvgIpc) is 3.11. The lowest BCUT2D eigenvalue weighted by Gasteiger charge is -2.29. The molecule has 0 radical (unpaired) electrons. The molecule has 3 aliphatic rings. The van der Waals surface area contributed by atoms with Gasteiger partial charge in [-0.15, -0.1) is 11.3 Å². The number of rotatable bonds is 4. The SMILES string of the molecule is O=C(O)[C@@H]1CCCC[C@H]1C(=O)Nc1sc2c(c1C(=O)N1CCOCC1)CCCC2. The number of carbonyl (C=O) groups is 3. The highest BCUT2D eigenvalue weighted by Crippen LogP contribution is 2.40. The van der Waals surface area contributed by atoms with E-state index in [0.717, 1.165) is 44.1 Å². The molecule has 1 saturated heterocycles. The predicted octanol–water partition coefficient (Wildman–Crippen LogP) is 2.93. The number of carboxylic acids is 1. The summed E-state index contributed by atoms with van der Waals surface area (Å²) in [7, 11) is 0. The maximum atomic E-state index is 13.3. The smallest absolute Gasteiger partial charge is 0.307 e. The summed E-state index contributed by atoms with van der Waals surface area (Å²) in [5.74, 6) is -2.38. The summed E-state index contributed by atoms with van der Waals surface area (Å²) in [6.45, 7) is 2.17.